The van der Waals surface area contributed by atoms with Crippen LogP contribution in [-0.2, 0) is 11.3 Å². The average molecular weight is 367 g/mol. The Morgan fingerprint density at radius 2 is 1.81 bits per heavy atom. The Morgan fingerprint density at radius 1 is 1.15 bits per heavy atom. The summed E-state index contributed by atoms with van der Waals surface area (Å²) in [5.41, 5.74) is 12.8. The third-order valence-corrected chi connectivity index (χ3v) is 4.72. The molecule has 5 nitrogen and oxygen atoms in total. The molecule has 5 heteroatoms. The van der Waals surface area contributed by atoms with E-state index in [0.29, 0.717) is 11.8 Å². The number of ketones is 1. The summed E-state index contributed by atoms with van der Waals surface area (Å²) < 4.78 is 0. The molecule has 1 heterocycles. The van der Waals surface area contributed by atoms with E-state index in [1.807, 2.05) is 0 Å². The summed E-state index contributed by atoms with van der Waals surface area (Å²) in [6.07, 6.45) is 4.93. The maximum atomic E-state index is 10.4. The number of carbonyl (C=O) groups excluding carboxylic acids is 1. The van der Waals surface area contributed by atoms with E-state index in [0.717, 1.165) is 32.5 Å². The molecule has 1 aliphatic rings. The quantitative estimate of drug-likeness (QED) is 0.814. The van der Waals surface area contributed by atoms with E-state index in [-0.39, 0.29) is 5.78 Å². The van der Waals surface area contributed by atoms with Gasteiger partial charge in [-0.05, 0) is 55.3 Å². The van der Waals surface area contributed by atoms with Gasteiger partial charge in [0.05, 0.1) is 5.71 Å². The van der Waals surface area contributed by atoms with Crippen molar-refractivity contribution in [3.05, 3.63) is 60.4 Å². The Balaban J connectivity index is 0.000000249. The predicted octanol–water partition coefficient (Wildman–Crippen LogP) is 3.23. The third kappa shape index (κ3) is 6.96. The summed E-state index contributed by atoms with van der Waals surface area (Å²) in [6, 6.07) is 15.7. The lowest BCUT2D eigenvalue weighted by atomic mass is 10.0. The first kappa shape index (κ1) is 20.8. The summed E-state index contributed by atoms with van der Waals surface area (Å²) in [5, 5.41) is 2.66. The number of benzene rings is 2. The van der Waals surface area contributed by atoms with Crippen LogP contribution in [-0.4, -0.2) is 35.5 Å². The van der Waals surface area contributed by atoms with E-state index in [1.54, 1.807) is 6.92 Å². The summed E-state index contributed by atoms with van der Waals surface area (Å²) >= 11 is 0. The number of hydrogen-bond donors (Lipinski definition) is 2. The van der Waals surface area contributed by atoms with E-state index < -0.39 is 0 Å². The summed E-state index contributed by atoms with van der Waals surface area (Å²) in [6.45, 7) is 6.42. The molecule has 0 aliphatic carbocycles. The molecular formula is C22H30N4O. The zero-order chi connectivity index (χ0) is 19.6. The monoisotopic (exact) mass is 366 g/mol. The van der Waals surface area contributed by atoms with Gasteiger partial charge in [-0.3, -0.25) is 14.7 Å². The summed E-state index contributed by atoms with van der Waals surface area (Å²) in [4.78, 5) is 16.7. The molecule has 1 aliphatic heterocycles. The number of rotatable bonds is 4. The molecule has 2 aromatic carbocycles. The number of nitrogens with two attached hydrogens (primary N) is 2. The van der Waals surface area contributed by atoms with Crippen LogP contribution in [0.2, 0.25) is 0 Å². The number of piperidine rings is 1. The van der Waals surface area contributed by atoms with Gasteiger partial charge in [0, 0.05) is 31.9 Å². The van der Waals surface area contributed by atoms with Gasteiger partial charge in [-0.25, -0.2) is 0 Å². The average Bonchev–Trinajstić information content (AvgIpc) is 2.68. The minimum atomic E-state index is -0.0342. The molecule has 1 fully saturated rings. The molecule has 0 unspecified atom stereocenters. The van der Waals surface area contributed by atoms with Gasteiger partial charge in [0.15, 0.2) is 5.78 Å². The Bertz CT molecular complexity index is 805. The van der Waals surface area contributed by atoms with Crippen LogP contribution in [0.25, 0.3) is 10.8 Å². The fourth-order valence-corrected chi connectivity index (χ4v) is 2.95. The fraction of sp³-hybridized carbons (Fsp3) is 0.364. The van der Waals surface area contributed by atoms with Gasteiger partial charge in [0.2, 0.25) is 0 Å². The molecule has 0 aromatic heterocycles. The number of hydrogen-bond acceptors (Lipinski definition) is 5. The highest BCUT2D eigenvalue weighted by Crippen LogP contribution is 2.18. The Morgan fingerprint density at radius 3 is 2.44 bits per heavy atom. The number of carbonyl (C=O) groups is 1. The van der Waals surface area contributed by atoms with Crippen molar-refractivity contribution in [3.8, 4) is 0 Å². The van der Waals surface area contributed by atoms with Gasteiger partial charge < -0.3 is 11.5 Å². The zero-order valence-electron chi connectivity index (χ0n) is 16.3. The van der Waals surface area contributed by atoms with Crippen molar-refractivity contribution >= 4 is 22.3 Å². The van der Waals surface area contributed by atoms with Crippen molar-refractivity contribution in [2.24, 2.45) is 16.5 Å². The smallest absolute Gasteiger partial charge is 0.173 e. The minimum absolute atomic E-state index is 0.0342. The molecule has 1 saturated heterocycles. The molecule has 27 heavy (non-hydrogen) atoms. The lowest BCUT2D eigenvalue weighted by Crippen LogP contribution is -2.39. The maximum Gasteiger partial charge on any atom is 0.173 e. The van der Waals surface area contributed by atoms with Crippen LogP contribution in [0.4, 0.5) is 0 Å². The number of Topliss-reactive ketones (excluding diaryl/α,β-unsaturated/α-hetero) is 1. The van der Waals surface area contributed by atoms with E-state index in [4.69, 9.17) is 11.5 Å². The predicted molar refractivity (Wildman–Crippen MR) is 114 cm³/mol. The van der Waals surface area contributed by atoms with Crippen LogP contribution >= 0.6 is 0 Å². The first-order valence-electron chi connectivity index (χ1n) is 9.37. The number of fused-ring (bicyclic) bond motifs is 1. The SMILES string of the molecule is CC(=O)C(C)=N/C=C\N.NC1CCN(Cc2ccc3ccccc3c2)CC1. The van der Waals surface area contributed by atoms with E-state index in [2.05, 4.69) is 52.4 Å². The summed E-state index contributed by atoms with van der Waals surface area (Å²) in [7, 11) is 0. The number of likely N-dealkylation sites (tertiary alicyclic amines) is 1. The van der Waals surface area contributed by atoms with Crippen LogP contribution in [0.3, 0.4) is 0 Å². The van der Waals surface area contributed by atoms with Crippen molar-refractivity contribution in [2.75, 3.05) is 13.1 Å². The molecule has 0 bridgehead atoms. The molecule has 0 saturated carbocycles. The van der Waals surface area contributed by atoms with E-state index in [1.165, 1.54) is 35.7 Å². The van der Waals surface area contributed by atoms with Crippen LogP contribution in [0.5, 0.6) is 0 Å². The molecule has 0 radical (unpaired) electrons. The first-order chi connectivity index (χ1) is 13.0. The van der Waals surface area contributed by atoms with Crippen LogP contribution in [0, 0.1) is 0 Å². The second-order valence-electron chi connectivity index (χ2n) is 6.91. The van der Waals surface area contributed by atoms with Gasteiger partial charge in [0.1, 0.15) is 0 Å². The molecule has 0 amide bonds. The molecule has 144 valence electrons. The van der Waals surface area contributed by atoms with Crippen LogP contribution in [0.15, 0.2) is 59.9 Å². The van der Waals surface area contributed by atoms with Crippen molar-refractivity contribution in [1.82, 2.24) is 4.90 Å². The topological polar surface area (TPSA) is 84.7 Å². The van der Waals surface area contributed by atoms with Crippen molar-refractivity contribution in [2.45, 2.75) is 39.3 Å². The van der Waals surface area contributed by atoms with Gasteiger partial charge in [0.25, 0.3) is 0 Å². The molecule has 3 rings (SSSR count). The van der Waals surface area contributed by atoms with Crippen molar-refractivity contribution in [1.29, 1.82) is 0 Å². The maximum absolute atomic E-state index is 10.4. The molecule has 4 N–H and O–H groups in total. The fourth-order valence-electron chi connectivity index (χ4n) is 2.95. The van der Waals surface area contributed by atoms with Crippen molar-refractivity contribution in [3.63, 3.8) is 0 Å². The molecular weight excluding hydrogens is 336 g/mol. The number of nitrogens with zero attached hydrogens (tertiary/aromatic N) is 2. The Labute approximate surface area is 161 Å². The highest BCUT2D eigenvalue weighted by Gasteiger charge is 2.15. The summed E-state index contributed by atoms with van der Waals surface area (Å²) in [5.74, 6) is -0.0342. The zero-order valence-corrected chi connectivity index (χ0v) is 16.3. The van der Waals surface area contributed by atoms with Gasteiger partial charge in [-0.1, -0.05) is 36.4 Å². The molecule has 0 atom stereocenters. The lowest BCUT2D eigenvalue weighted by Gasteiger charge is -2.30. The standard InChI is InChI=1S/C16H20N2.C6H10N2O/c17-16-7-9-18(10-8-16)12-13-5-6-14-3-1-2-4-15(14)11-13;1-5(6(2)9)8-4-3-7/h1-6,11,16H,7-10,12,17H2;3-4H,7H2,1-2H3/b;4-3-,8-5?. The second kappa shape index (κ2) is 10.6. The highest BCUT2D eigenvalue weighted by atomic mass is 16.1. The van der Waals surface area contributed by atoms with Gasteiger partial charge in [-0.15, -0.1) is 0 Å². The van der Waals surface area contributed by atoms with Crippen LogP contribution < -0.4 is 11.5 Å². The van der Waals surface area contributed by atoms with Gasteiger partial charge in [-0.2, -0.15) is 0 Å². The number of aliphatic imine (C=N–C) groups is 1. The Hall–Kier alpha value is -2.50. The van der Waals surface area contributed by atoms with Crippen molar-refractivity contribution < 1.29 is 4.79 Å². The minimum Gasteiger partial charge on any atom is -0.403 e. The van der Waals surface area contributed by atoms with E-state index >= 15 is 0 Å². The largest absolute Gasteiger partial charge is 0.403 e. The van der Waals surface area contributed by atoms with Gasteiger partial charge >= 0.3 is 0 Å². The first-order valence-corrected chi connectivity index (χ1v) is 9.37. The molecule has 0 spiro atoms. The van der Waals surface area contributed by atoms with Crippen LogP contribution in [0.1, 0.15) is 32.3 Å². The third-order valence-electron chi connectivity index (χ3n) is 4.72. The second-order valence-corrected chi connectivity index (χ2v) is 6.91. The Kier molecular flexibility index (Phi) is 8.17. The van der Waals surface area contributed by atoms with E-state index in [9.17, 15) is 4.79 Å². The molecule has 2 aromatic rings. The lowest BCUT2D eigenvalue weighted by molar-refractivity contribution is -0.111. The highest BCUT2D eigenvalue weighted by molar-refractivity contribution is 6.38. The normalized spacial score (nSPS) is 16.3.